The van der Waals surface area contributed by atoms with Crippen molar-refractivity contribution in [1.29, 1.82) is 0 Å². The summed E-state index contributed by atoms with van der Waals surface area (Å²) in [6.45, 7) is 2.08. The van der Waals surface area contributed by atoms with Crippen LogP contribution in [-0.4, -0.2) is 24.6 Å². The number of ether oxygens (including phenoxy) is 2. The van der Waals surface area contributed by atoms with Crippen molar-refractivity contribution in [3.63, 3.8) is 0 Å². The van der Waals surface area contributed by atoms with Gasteiger partial charge in [0.05, 0.1) is 0 Å². The van der Waals surface area contributed by atoms with E-state index < -0.39 is 5.97 Å². The summed E-state index contributed by atoms with van der Waals surface area (Å²) >= 11 is 5.30. The van der Waals surface area contributed by atoms with E-state index in [1.165, 1.54) is 0 Å². The Kier molecular flexibility index (Phi) is 4.98. The lowest BCUT2D eigenvalue weighted by molar-refractivity contribution is -0.146. The third-order valence-corrected chi connectivity index (χ3v) is 1.89. The van der Waals surface area contributed by atoms with E-state index in [1.54, 1.807) is 6.92 Å². The molecule has 0 aliphatic carbocycles. The van der Waals surface area contributed by atoms with Crippen molar-refractivity contribution in [3.8, 4) is 5.75 Å². The number of esters is 1. The average molecular weight is 229 g/mol. The lowest BCUT2D eigenvalue weighted by Gasteiger charge is -2.13. The molecule has 1 atom stereocenters. The van der Waals surface area contributed by atoms with Crippen LogP contribution in [-0.2, 0) is 9.53 Å². The van der Waals surface area contributed by atoms with E-state index in [1.807, 2.05) is 30.3 Å². The highest BCUT2D eigenvalue weighted by Gasteiger charge is 2.08. The number of hydrogen-bond donors (Lipinski definition) is 0. The molecule has 0 heterocycles. The van der Waals surface area contributed by atoms with Gasteiger partial charge >= 0.3 is 5.97 Å². The minimum atomic E-state index is -0.430. The molecule has 0 amide bonds. The van der Waals surface area contributed by atoms with Crippen LogP contribution < -0.4 is 4.74 Å². The quantitative estimate of drug-likeness (QED) is 0.573. The van der Waals surface area contributed by atoms with E-state index in [0.717, 1.165) is 5.75 Å². The molecule has 82 valence electrons. The van der Waals surface area contributed by atoms with Gasteiger partial charge in [-0.3, -0.25) is 4.79 Å². The Morgan fingerprint density at radius 1 is 1.40 bits per heavy atom. The Hall–Kier alpha value is -1.22. The van der Waals surface area contributed by atoms with Gasteiger partial charge in [0.2, 0.25) is 0 Å². The van der Waals surface area contributed by atoms with Gasteiger partial charge < -0.3 is 9.47 Å². The third-order valence-electron chi connectivity index (χ3n) is 1.67. The van der Waals surface area contributed by atoms with Gasteiger partial charge in [0, 0.05) is 0 Å². The second kappa shape index (κ2) is 6.30. The zero-order valence-electron chi connectivity index (χ0n) is 8.48. The van der Waals surface area contributed by atoms with Gasteiger partial charge in [-0.2, -0.15) is 0 Å². The van der Waals surface area contributed by atoms with E-state index in [2.05, 4.69) is 0 Å². The first-order valence-corrected chi connectivity index (χ1v) is 5.19. The Labute approximate surface area is 93.9 Å². The lowest BCUT2D eigenvalue weighted by Crippen LogP contribution is -2.22. The number of benzene rings is 1. The number of para-hydroxylation sites is 1. The molecule has 15 heavy (non-hydrogen) atoms. The second-order valence-corrected chi connectivity index (χ2v) is 3.33. The molecule has 0 radical (unpaired) electrons. The predicted molar refractivity (Wildman–Crippen MR) is 58.2 cm³/mol. The fourth-order valence-electron chi connectivity index (χ4n) is 1.02. The number of carbonyl (C=O) groups excluding carboxylic acids is 1. The van der Waals surface area contributed by atoms with Gasteiger partial charge in [-0.05, 0) is 19.1 Å². The summed E-state index contributed by atoms with van der Waals surface area (Å²) in [6.07, 6.45) is -0.295. The molecule has 1 aromatic rings. The minimum absolute atomic E-state index is 0.129. The van der Waals surface area contributed by atoms with Crippen LogP contribution in [0.2, 0.25) is 0 Å². The van der Waals surface area contributed by atoms with Crippen LogP contribution in [0.25, 0.3) is 0 Å². The topological polar surface area (TPSA) is 35.5 Å². The van der Waals surface area contributed by atoms with Gasteiger partial charge in [-0.15, -0.1) is 11.6 Å². The zero-order valence-corrected chi connectivity index (χ0v) is 9.24. The summed E-state index contributed by atoms with van der Waals surface area (Å²) in [5, 5.41) is 0. The van der Waals surface area contributed by atoms with Crippen LogP contribution in [0.3, 0.4) is 0 Å². The van der Waals surface area contributed by atoms with E-state index in [9.17, 15) is 4.79 Å². The molecule has 0 unspecified atom stereocenters. The molecule has 0 spiro atoms. The van der Waals surface area contributed by atoms with E-state index in [4.69, 9.17) is 21.1 Å². The van der Waals surface area contributed by atoms with E-state index >= 15 is 0 Å². The first-order valence-electron chi connectivity index (χ1n) is 4.65. The first-order chi connectivity index (χ1) is 7.22. The second-order valence-electron chi connectivity index (χ2n) is 3.06. The van der Waals surface area contributed by atoms with E-state index in [0.29, 0.717) is 6.61 Å². The molecule has 0 saturated heterocycles. The average Bonchev–Trinajstić information content (AvgIpc) is 2.27. The minimum Gasteiger partial charge on any atom is -0.490 e. The monoisotopic (exact) mass is 228 g/mol. The molecule has 0 aromatic heterocycles. The van der Waals surface area contributed by atoms with Crippen LogP contribution in [0.5, 0.6) is 5.75 Å². The normalized spacial score (nSPS) is 11.9. The van der Waals surface area contributed by atoms with Crippen molar-refractivity contribution < 1.29 is 14.3 Å². The Morgan fingerprint density at radius 3 is 2.67 bits per heavy atom. The Morgan fingerprint density at radius 2 is 2.07 bits per heavy atom. The highest BCUT2D eigenvalue weighted by atomic mass is 35.5. The molecular formula is C11H13ClO3. The molecule has 0 N–H and O–H groups in total. The van der Waals surface area contributed by atoms with Crippen molar-refractivity contribution in [2.45, 2.75) is 13.0 Å². The summed E-state index contributed by atoms with van der Waals surface area (Å²) < 4.78 is 10.3. The van der Waals surface area contributed by atoms with Crippen LogP contribution >= 0.6 is 11.6 Å². The van der Waals surface area contributed by atoms with E-state index in [-0.39, 0.29) is 12.0 Å². The molecule has 0 saturated carbocycles. The molecule has 1 rings (SSSR count). The number of rotatable bonds is 5. The van der Waals surface area contributed by atoms with Crippen molar-refractivity contribution >= 4 is 17.6 Å². The maximum atomic E-state index is 10.8. The number of halogens is 1. The zero-order chi connectivity index (χ0) is 11.1. The highest BCUT2D eigenvalue weighted by Crippen LogP contribution is 2.09. The Balaban J connectivity index is 2.28. The molecule has 4 heteroatoms. The summed E-state index contributed by atoms with van der Waals surface area (Å²) in [7, 11) is 0. The standard InChI is InChI=1S/C11H13ClO3/c1-9(15-11(13)7-12)8-14-10-5-3-2-4-6-10/h2-6,9H,7-8H2,1H3/t9-/m1/s1. The number of carbonyl (C=O) groups is 1. The summed E-state index contributed by atoms with van der Waals surface area (Å²) in [5.41, 5.74) is 0. The lowest BCUT2D eigenvalue weighted by atomic mass is 10.3. The Bertz CT molecular complexity index is 300. The van der Waals surface area contributed by atoms with Gasteiger partial charge in [-0.25, -0.2) is 0 Å². The van der Waals surface area contributed by atoms with Crippen molar-refractivity contribution in [2.24, 2.45) is 0 Å². The van der Waals surface area contributed by atoms with Gasteiger partial charge in [-0.1, -0.05) is 18.2 Å². The molecule has 1 aromatic carbocycles. The van der Waals surface area contributed by atoms with Crippen molar-refractivity contribution in [1.82, 2.24) is 0 Å². The van der Waals surface area contributed by atoms with Gasteiger partial charge in [0.1, 0.15) is 24.3 Å². The maximum Gasteiger partial charge on any atom is 0.321 e. The molecular weight excluding hydrogens is 216 g/mol. The largest absolute Gasteiger partial charge is 0.490 e. The first kappa shape index (κ1) is 11.9. The van der Waals surface area contributed by atoms with Crippen LogP contribution in [0, 0.1) is 0 Å². The van der Waals surface area contributed by atoms with Crippen LogP contribution in [0.15, 0.2) is 30.3 Å². The summed E-state index contributed by atoms with van der Waals surface area (Å²) in [4.78, 5) is 10.8. The smallest absolute Gasteiger partial charge is 0.321 e. The maximum absolute atomic E-state index is 10.8. The SMILES string of the molecule is C[C@H](COc1ccccc1)OC(=O)CCl. The van der Waals surface area contributed by atoms with Crippen molar-refractivity contribution in [2.75, 3.05) is 12.5 Å². The summed E-state index contributed by atoms with van der Waals surface area (Å²) in [5.74, 6) is 0.197. The molecule has 0 aliphatic rings. The predicted octanol–water partition coefficient (Wildman–Crippen LogP) is 2.24. The third kappa shape index (κ3) is 4.70. The van der Waals surface area contributed by atoms with Gasteiger partial charge in [0.25, 0.3) is 0 Å². The summed E-state index contributed by atoms with van der Waals surface area (Å²) in [6, 6.07) is 9.35. The fourth-order valence-corrected chi connectivity index (χ4v) is 1.08. The van der Waals surface area contributed by atoms with Gasteiger partial charge in [0.15, 0.2) is 0 Å². The molecule has 3 nitrogen and oxygen atoms in total. The van der Waals surface area contributed by atoms with Crippen LogP contribution in [0.1, 0.15) is 6.92 Å². The molecule has 0 fully saturated rings. The molecule has 0 aliphatic heterocycles. The number of alkyl halides is 1. The van der Waals surface area contributed by atoms with Crippen LogP contribution in [0.4, 0.5) is 0 Å². The number of hydrogen-bond acceptors (Lipinski definition) is 3. The van der Waals surface area contributed by atoms with Crippen molar-refractivity contribution in [3.05, 3.63) is 30.3 Å². The fraction of sp³-hybridized carbons (Fsp3) is 0.364. The highest BCUT2D eigenvalue weighted by molar-refractivity contribution is 6.26. The molecule has 0 bridgehead atoms.